The van der Waals surface area contributed by atoms with Crippen molar-refractivity contribution in [2.75, 3.05) is 12.4 Å². The molecule has 174 valence electrons. The van der Waals surface area contributed by atoms with Gasteiger partial charge in [0.05, 0.1) is 18.7 Å². The lowest BCUT2D eigenvalue weighted by Crippen LogP contribution is -2.57. The van der Waals surface area contributed by atoms with Crippen LogP contribution in [0.1, 0.15) is 35.1 Å². The van der Waals surface area contributed by atoms with Crippen LogP contribution in [0.15, 0.2) is 54.6 Å². The van der Waals surface area contributed by atoms with Crippen molar-refractivity contribution in [2.45, 2.75) is 23.8 Å². The summed E-state index contributed by atoms with van der Waals surface area (Å²) in [5.41, 5.74) is -0.244. The number of amides is 2. The van der Waals surface area contributed by atoms with Gasteiger partial charge in [-0.25, -0.2) is 8.78 Å². The summed E-state index contributed by atoms with van der Waals surface area (Å²) < 4.78 is 35.2. The molecule has 0 aliphatic carbocycles. The molecule has 2 heterocycles. The summed E-state index contributed by atoms with van der Waals surface area (Å²) in [6.07, 6.45) is -0.0778. The number of carbonyl (C=O) groups excluding carboxylic acids is 2. The molecule has 2 amide bonds. The van der Waals surface area contributed by atoms with Crippen molar-refractivity contribution < 1.29 is 23.1 Å². The third-order valence-electron chi connectivity index (χ3n) is 6.60. The number of ether oxygens (including phenoxy) is 1. The Balaban J connectivity index is 1.86. The van der Waals surface area contributed by atoms with Crippen molar-refractivity contribution in [3.63, 3.8) is 0 Å². The number of nitrogens with one attached hydrogen (secondary N) is 2. The number of anilines is 1. The monoisotopic (exact) mass is 502 g/mol. The average molecular weight is 503 g/mol. The van der Waals surface area contributed by atoms with Gasteiger partial charge in [-0.05, 0) is 47.5 Å². The average Bonchev–Trinajstić information content (AvgIpc) is 3.08. The van der Waals surface area contributed by atoms with E-state index in [2.05, 4.69) is 10.6 Å². The number of rotatable bonds is 3. The molecule has 3 aromatic rings. The van der Waals surface area contributed by atoms with E-state index >= 15 is 4.39 Å². The minimum atomic E-state index is -1.54. The first kappa shape index (κ1) is 22.6. The molecule has 0 unspecified atom stereocenters. The summed E-state index contributed by atoms with van der Waals surface area (Å²) in [5.74, 6) is -3.98. The van der Waals surface area contributed by atoms with E-state index in [1.807, 2.05) is 0 Å². The van der Waals surface area contributed by atoms with E-state index in [-0.39, 0.29) is 17.7 Å². The Hall–Kier alpha value is -3.16. The van der Waals surface area contributed by atoms with Crippen LogP contribution in [0.3, 0.4) is 0 Å². The third-order valence-corrected chi connectivity index (χ3v) is 7.07. The maximum atomic E-state index is 15.4. The predicted octanol–water partition coefficient (Wildman–Crippen LogP) is 5.52. The molecule has 34 heavy (non-hydrogen) atoms. The molecule has 0 bridgehead atoms. The predicted molar refractivity (Wildman–Crippen MR) is 124 cm³/mol. The molecule has 5 rings (SSSR count). The molecule has 9 heteroatoms. The molecule has 2 aliphatic heterocycles. The van der Waals surface area contributed by atoms with Crippen LogP contribution < -0.4 is 15.4 Å². The topological polar surface area (TPSA) is 67.4 Å². The van der Waals surface area contributed by atoms with Crippen molar-refractivity contribution in [3.8, 4) is 5.75 Å². The van der Waals surface area contributed by atoms with E-state index < -0.39 is 40.8 Å². The number of carbonyl (C=O) groups is 2. The zero-order valence-corrected chi connectivity index (χ0v) is 19.3. The fourth-order valence-corrected chi connectivity index (χ4v) is 5.61. The standard InChI is InChI=1S/C25H18Cl2F2N2O3/c1-34-19-8-7-17(28)22(29)21(19)23-25(15-6-5-14(27)10-18(15)30-24(25)33)16(11-20(32)31-23)12-3-2-4-13(26)9-12/h2-10,16,23H,11H2,1H3,(H,30,33)(H,31,32)/t16-,23+,25-/m0/s1. The first-order chi connectivity index (χ1) is 16.3. The molecule has 1 saturated heterocycles. The van der Waals surface area contributed by atoms with Gasteiger partial charge < -0.3 is 15.4 Å². The van der Waals surface area contributed by atoms with Gasteiger partial charge in [0.15, 0.2) is 11.6 Å². The Labute approximate surface area is 204 Å². The van der Waals surface area contributed by atoms with Crippen LogP contribution >= 0.6 is 23.2 Å². The Morgan fingerprint density at radius 2 is 1.79 bits per heavy atom. The first-order valence-corrected chi connectivity index (χ1v) is 11.2. The highest BCUT2D eigenvalue weighted by Gasteiger charge is 2.62. The maximum Gasteiger partial charge on any atom is 0.238 e. The summed E-state index contributed by atoms with van der Waals surface area (Å²) in [7, 11) is 1.31. The highest BCUT2D eigenvalue weighted by atomic mass is 35.5. The van der Waals surface area contributed by atoms with Crippen molar-refractivity contribution in [1.82, 2.24) is 5.32 Å². The normalized spacial score (nSPS) is 23.4. The number of piperidine rings is 1. The summed E-state index contributed by atoms with van der Waals surface area (Å²) in [6, 6.07) is 12.6. The quantitative estimate of drug-likeness (QED) is 0.495. The van der Waals surface area contributed by atoms with Gasteiger partial charge in [-0.3, -0.25) is 9.59 Å². The summed E-state index contributed by atoms with van der Waals surface area (Å²) in [5, 5.41) is 6.40. The van der Waals surface area contributed by atoms with Crippen molar-refractivity contribution in [2.24, 2.45) is 0 Å². The lowest BCUT2D eigenvalue weighted by atomic mass is 9.59. The number of hydrogen-bond acceptors (Lipinski definition) is 3. The van der Waals surface area contributed by atoms with Crippen molar-refractivity contribution in [1.29, 1.82) is 0 Å². The Morgan fingerprint density at radius 1 is 1.03 bits per heavy atom. The smallest absolute Gasteiger partial charge is 0.238 e. The van der Waals surface area contributed by atoms with Crippen molar-refractivity contribution in [3.05, 3.63) is 93.0 Å². The van der Waals surface area contributed by atoms with Crippen LogP contribution in [0.2, 0.25) is 10.0 Å². The molecule has 1 fully saturated rings. The van der Waals surface area contributed by atoms with E-state index in [1.54, 1.807) is 42.5 Å². The molecule has 3 atom stereocenters. The number of benzene rings is 3. The highest BCUT2D eigenvalue weighted by Crippen LogP contribution is 2.58. The zero-order chi connectivity index (χ0) is 24.2. The summed E-state index contributed by atoms with van der Waals surface area (Å²) >= 11 is 12.4. The van der Waals surface area contributed by atoms with Gasteiger partial charge in [-0.1, -0.05) is 41.4 Å². The van der Waals surface area contributed by atoms with Crippen LogP contribution in [-0.2, 0) is 15.0 Å². The number of hydrogen-bond donors (Lipinski definition) is 2. The van der Waals surface area contributed by atoms with E-state index in [1.165, 1.54) is 13.2 Å². The molecule has 0 aromatic heterocycles. The summed E-state index contributed by atoms with van der Waals surface area (Å²) in [6.45, 7) is 0. The van der Waals surface area contributed by atoms with Gasteiger partial charge in [-0.2, -0.15) is 0 Å². The largest absolute Gasteiger partial charge is 0.496 e. The van der Waals surface area contributed by atoms with Gasteiger partial charge in [0.1, 0.15) is 11.2 Å². The second-order valence-electron chi connectivity index (χ2n) is 8.30. The summed E-state index contributed by atoms with van der Waals surface area (Å²) in [4.78, 5) is 26.8. The van der Waals surface area contributed by atoms with Crippen LogP contribution in [0.4, 0.5) is 14.5 Å². The SMILES string of the molecule is COc1ccc(F)c(F)c1[C@H]1NC(=O)C[C@@H](c2cccc(Cl)c2)[C@]12C(=O)Nc1cc(Cl)ccc12. The van der Waals surface area contributed by atoms with Gasteiger partial charge in [0.25, 0.3) is 0 Å². The number of methoxy groups -OCH3 is 1. The van der Waals surface area contributed by atoms with Gasteiger partial charge >= 0.3 is 0 Å². The number of halogens is 4. The van der Waals surface area contributed by atoms with E-state index in [0.717, 1.165) is 6.07 Å². The molecule has 2 N–H and O–H groups in total. The Morgan fingerprint density at radius 3 is 2.53 bits per heavy atom. The minimum Gasteiger partial charge on any atom is -0.496 e. The first-order valence-electron chi connectivity index (χ1n) is 10.5. The van der Waals surface area contributed by atoms with Gasteiger partial charge in [-0.15, -0.1) is 0 Å². The molecule has 1 spiro atoms. The van der Waals surface area contributed by atoms with E-state index in [0.29, 0.717) is 26.9 Å². The second-order valence-corrected chi connectivity index (χ2v) is 9.18. The molecule has 5 nitrogen and oxygen atoms in total. The Bertz CT molecular complexity index is 1350. The minimum absolute atomic E-state index is 0.00512. The highest BCUT2D eigenvalue weighted by molar-refractivity contribution is 6.31. The van der Waals surface area contributed by atoms with Crippen LogP contribution in [-0.4, -0.2) is 18.9 Å². The van der Waals surface area contributed by atoms with Gasteiger partial charge in [0.2, 0.25) is 11.8 Å². The Kier molecular flexibility index (Phi) is 5.49. The molecular weight excluding hydrogens is 485 g/mol. The van der Waals surface area contributed by atoms with Crippen LogP contribution in [0, 0.1) is 11.6 Å². The molecule has 0 saturated carbocycles. The molecule has 2 aliphatic rings. The van der Waals surface area contributed by atoms with Gasteiger partial charge in [0, 0.05) is 28.1 Å². The maximum absolute atomic E-state index is 15.4. The number of fused-ring (bicyclic) bond motifs is 2. The van der Waals surface area contributed by atoms with Crippen LogP contribution in [0.25, 0.3) is 0 Å². The lowest BCUT2D eigenvalue weighted by Gasteiger charge is -2.46. The fourth-order valence-electron chi connectivity index (χ4n) is 5.24. The van der Waals surface area contributed by atoms with Crippen LogP contribution in [0.5, 0.6) is 5.75 Å². The second kappa shape index (κ2) is 8.25. The molecule has 3 aromatic carbocycles. The van der Waals surface area contributed by atoms with E-state index in [9.17, 15) is 14.0 Å². The van der Waals surface area contributed by atoms with E-state index in [4.69, 9.17) is 27.9 Å². The fraction of sp³-hybridized carbons (Fsp3) is 0.200. The third kappa shape index (κ3) is 3.26. The van der Waals surface area contributed by atoms with Crippen molar-refractivity contribution >= 4 is 40.7 Å². The lowest BCUT2D eigenvalue weighted by molar-refractivity contribution is -0.131. The molecular formula is C25H18Cl2F2N2O3. The zero-order valence-electron chi connectivity index (χ0n) is 17.8. The molecule has 0 radical (unpaired) electrons.